The van der Waals surface area contributed by atoms with Crippen LogP contribution in [0.2, 0.25) is 0 Å². The Morgan fingerprint density at radius 1 is 1.13 bits per heavy atom. The molecule has 1 amide bonds. The van der Waals surface area contributed by atoms with Crippen molar-refractivity contribution in [2.45, 2.75) is 44.5 Å². The molecule has 18 heteroatoms. The third-order valence-corrected chi connectivity index (χ3v) is 7.32. The van der Waals surface area contributed by atoms with Crippen molar-refractivity contribution in [3.8, 4) is 11.5 Å². The van der Waals surface area contributed by atoms with Gasteiger partial charge in [-0.05, 0) is 54.4 Å². The summed E-state index contributed by atoms with van der Waals surface area (Å²) in [6.07, 6.45) is -6.93. The zero-order valence-corrected chi connectivity index (χ0v) is 25.1. The summed E-state index contributed by atoms with van der Waals surface area (Å²) in [5, 5.41) is 13.0. The number of alkyl halides is 2. The fourth-order valence-corrected chi connectivity index (χ4v) is 4.94. The maximum atomic E-state index is 14.6. The van der Waals surface area contributed by atoms with Crippen LogP contribution in [0.4, 0.5) is 19.4 Å². The number of carbonyl (C=O) groups excluding carboxylic acids is 1. The number of aliphatic hydroxyl groups excluding tert-OH is 1. The van der Waals surface area contributed by atoms with Crippen molar-refractivity contribution in [1.29, 1.82) is 0 Å². The number of benzene rings is 2. The highest BCUT2D eigenvalue weighted by Crippen LogP contribution is 2.44. The Balaban J connectivity index is 1.12. The van der Waals surface area contributed by atoms with Crippen molar-refractivity contribution in [3.63, 3.8) is 0 Å². The molecule has 4 N–H and O–H groups in total. The summed E-state index contributed by atoms with van der Waals surface area (Å²) in [6.45, 7) is 0.868. The lowest BCUT2D eigenvalue weighted by Gasteiger charge is -2.21. The van der Waals surface area contributed by atoms with Crippen LogP contribution >= 0.6 is 7.82 Å². The zero-order valence-electron chi connectivity index (χ0n) is 24.2. The molecule has 246 valence electrons. The molecule has 1 saturated heterocycles. The second kappa shape index (κ2) is 13.2. The number of phosphoric acid groups is 1. The SMILES string of the molecule is COc1cc(C)c2oc(COc3ccc(COC(=O)Nc4ccn([C@@H]5OC(COP(=O)(O)O)[C@@H](O)C5(F)F)c(=O)n4)cc3)cc2c1. The molecule has 1 fully saturated rings. The molecule has 0 bridgehead atoms. The Morgan fingerprint density at radius 3 is 2.54 bits per heavy atom. The van der Waals surface area contributed by atoms with Crippen molar-refractivity contribution in [2.24, 2.45) is 0 Å². The molecule has 3 heterocycles. The van der Waals surface area contributed by atoms with Gasteiger partial charge in [-0.2, -0.15) is 13.8 Å². The number of phosphoric ester groups is 1. The van der Waals surface area contributed by atoms with E-state index in [1.165, 1.54) is 0 Å². The average Bonchev–Trinajstić information content (AvgIpc) is 3.52. The summed E-state index contributed by atoms with van der Waals surface area (Å²) in [7, 11) is -3.44. The van der Waals surface area contributed by atoms with Gasteiger partial charge < -0.3 is 38.3 Å². The first-order valence-electron chi connectivity index (χ1n) is 13.5. The van der Waals surface area contributed by atoms with Crippen molar-refractivity contribution in [3.05, 3.63) is 82.1 Å². The van der Waals surface area contributed by atoms with Gasteiger partial charge in [-0.15, -0.1) is 0 Å². The number of hydrogen-bond acceptors (Lipinski definition) is 11. The van der Waals surface area contributed by atoms with Crippen LogP contribution in [0.1, 0.15) is 23.1 Å². The van der Waals surface area contributed by atoms with Gasteiger partial charge >= 0.3 is 25.5 Å². The number of aliphatic hydroxyl groups is 1. The highest BCUT2D eigenvalue weighted by atomic mass is 31.2. The van der Waals surface area contributed by atoms with Crippen LogP contribution in [0.3, 0.4) is 0 Å². The number of aryl methyl sites for hydroxylation is 1. The van der Waals surface area contributed by atoms with Crippen LogP contribution in [-0.4, -0.2) is 62.4 Å². The number of nitrogens with one attached hydrogen (secondary N) is 1. The summed E-state index contributed by atoms with van der Waals surface area (Å²) in [6, 6.07) is 13.3. The lowest BCUT2D eigenvalue weighted by Crippen LogP contribution is -2.42. The third kappa shape index (κ3) is 7.52. The summed E-state index contributed by atoms with van der Waals surface area (Å²) in [4.78, 5) is 45.8. The van der Waals surface area contributed by atoms with E-state index in [4.69, 9.17) is 33.2 Å². The average molecular weight is 668 g/mol. The van der Waals surface area contributed by atoms with Crippen LogP contribution in [0.25, 0.3) is 11.0 Å². The predicted molar refractivity (Wildman–Crippen MR) is 153 cm³/mol. The fraction of sp³-hybridized carbons (Fsp3) is 0.321. The molecule has 1 unspecified atom stereocenters. The van der Waals surface area contributed by atoms with Gasteiger partial charge in [0.1, 0.15) is 48.0 Å². The number of methoxy groups -OCH3 is 1. The smallest absolute Gasteiger partial charge is 0.469 e. The second-order valence-corrected chi connectivity index (χ2v) is 11.4. The molecule has 5 rings (SSSR count). The molecular weight excluding hydrogens is 639 g/mol. The topological polar surface area (TPSA) is 201 Å². The lowest BCUT2D eigenvalue weighted by molar-refractivity contribution is -0.140. The number of aromatic nitrogens is 2. The highest BCUT2D eigenvalue weighted by molar-refractivity contribution is 7.46. The number of halogens is 2. The number of furan rings is 1. The maximum Gasteiger partial charge on any atom is 0.469 e. The van der Waals surface area contributed by atoms with Gasteiger partial charge in [0.2, 0.25) is 6.23 Å². The van der Waals surface area contributed by atoms with Gasteiger partial charge in [0.25, 0.3) is 0 Å². The Hall–Kier alpha value is -4.38. The number of rotatable bonds is 11. The van der Waals surface area contributed by atoms with Crippen LogP contribution in [-0.2, 0) is 31.8 Å². The molecule has 2 aromatic heterocycles. The van der Waals surface area contributed by atoms with Gasteiger partial charge in [-0.25, -0.2) is 14.2 Å². The fourth-order valence-electron chi connectivity index (χ4n) is 4.60. The summed E-state index contributed by atoms with van der Waals surface area (Å²) < 4.78 is 71.6. The monoisotopic (exact) mass is 667 g/mol. The molecule has 0 radical (unpaired) electrons. The van der Waals surface area contributed by atoms with Gasteiger partial charge in [0.05, 0.1) is 13.7 Å². The summed E-state index contributed by atoms with van der Waals surface area (Å²) in [5.41, 5.74) is 1.00. The van der Waals surface area contributed by atoms with Crippen LogP contribution < -0.4 is 20.5 Å². The van der Waals surface area contributed by atoms with Gasteiger partial charge in [-0.1, -0.05) is 12.1 Å². The molecule has 2 aromatic carbocycles. The molecular formula is C28H28F2N3O12P. The largest absolute Gasteiger partial charge is 0.497 e. The summed E-state index contributed by atoms with van der Waals surface area (Å²) in [5.74, 6) is -2.49. The minimum atomic E-state index is -5.04. The number of carbonyl (C=O) groups is 1. The Labute approximate surface area is 258 Å². The molecule has 4 aromatic rings. The minimum absolute atomic E-state index is 0.161. The second-order valence-electron chi connectivity index (χ2n) is 10.1. The van der Waals surface area contributed by atoms with E-state index in [2.05, 4.69) is 14.8 Å². The van der Waals surface area contributed by atoms with Gasteiger partial charge in [-0.3, -0.25) is 14.4 Å². The molecule has 0 saturated carbocycles. The first-order valence-corrected chi connectivity index (χ1v) is 15.0. The van der Waals surface area contributed by atoms with E-state index in [-0.39, 0.29) is 19.0 Å². The van der Waals surface area contributed by atoms with Crippen molar-refractivity contribution in [2.75, 3.05) is 19.0 Å². The van der Waals surface area contributed by atoms with Crippen molar-refractivity contribution >= 4 is 30.7 Å². The Bertz CT molecular complexity index is 1820. The van der Waals surface area contributed by atoms with E-state index >= 15 is 0 Å². The van der Waals surface area contributed by atoms with Gasteiger partial charge in [0, 0.05) is 11.6 Å². The molecule has 3 atom stereocenters. The minimum Gasteiger partial charge on any atom is -0.497 e. The quantitative estimate of drug-likeness (QED) is 0.169. The van der Waals surface area contributed by atoms with E-state index in [9.17, 15) is 28.0 Å². The molecule has 0 spiro atoms. The van der Waals surface area contributed by atoms with Crippen LogP contribution in [0.15, 0.2) is 63.9 Å². The Kier molecular flexibility index (Phi) is 9.44. The van der Waals surface area contributed by atoms with E-state index in [0.29, 0.717) is 21.6 Å². The maximum absolute atomic E-state index is 14.6. The van der Waals surface area contributed by atoms with E-state index in [1.807, 2.05) is 25.1 Å². The number of nitrogens with zero attached hydrogens (tertiary/aromatic N) is 2. The van der Waals surface area contributed by atoms with Crippen molar-refractivity contribution in [1.82, 2.24) is 9.55 Å². The number of fused-ring (bicyclic) bond motifs is 1. The molecule has 1 aliphatic rings. The van der Waals surface area contributed by atoms with Crippen molar-refractivity contribution < 1.29 is 60.9 Å². The summed E-state index contributed by atoms with van der Waals surface area (Å²) >= 11 is 0. The number of ether oxygens (including phenoxy) is 4. The standard InChI is InChI=1S/C28H28F2N3O12P/c1-15-9-19(40-2)10-17-11-20(44-23(15)17)13-41-18-5-3-16(4-6-18)12-42-27(36)32-22-7-8-33(26(35)31-22)25-28(29,30)24(34)21(45-25)14-43-46(37,38)39/h3-11,21,24-25,34H,12-14H2,1-2H3,(H2,37,38,39)(H,31,32,35,36)/t21?,24-,25-/m1/s1. The number of anilines is 1. The first-order chi connectivity index (χ1) is 21.7. The molecule has 15 nitrogen and oxygen atoms in total. The Morgan fingerprint density at radius 2 is 1.87 bits per heavy atom. The number of hydrogen-bond donors (Lipinski definition) is 4. The van der Waals surface area contributed by atoms with E-state index < -0.39 is 50.6 Å². The highest BCUT2D eigenvalue weighted by Gasteiger charge is 2.60. The molecule has 0 aliphatic carbocycles. The van der Waals surface area contributed by atoms with Gasteiger partial charge in [0.15, 0.2) is 6.10 Å². The lowest BCUT2D eigenvalue weighted by atomic mass is 10.1. The zero-order chi connectivity index (χ0) is 33.2. The van der Waals surface area contributed by atoms with Crippen LogP contribution in [0, 0.1) is 6.92 Å². The van der Waals surface area contributed by atoms with E-state index in [0.717, 1.165) is 34.5 Å². The van der Waals surface area contributed by atoms with E-state index in [1.54, 1.807) is 31.4 Å². The molecule has 1 aliphatic heterocycles. The predicted octanol–water partition coefficient (Wildman–Crippen LogP) is 3.64. The number of amides is 1. The first kappa shape index (κ1) is 33.0. The normalized spacial score (nSPS) is 19.2. The third-order valence-electron chi connectivity index (χ3n) is 6.84. The van der Waals surface area contributed by atoms with Crippen LogP contribution in [0.5, 0.6) is 11.5 Å². The molecule has 46 heavy (non-hydrogen) atoms.